The average Bonchev–Trinajstić information content (AvgIpc) is 2.35. The van der Waals surface area contributed by atoms with Gasteiger partial charge in [-0.3, -0.25) is 10.1 Å². The van der Waals surface area contributed by atoms with Crippen molar-refractivity contribution < 1.29 is 15.0 Å². The van der Waals surface area contributed by atoms with Crippen LogP contribution in [0.2, 0.25) is 0 Å². The molecule has 1 rings (SSSR count). The van der Waals surface area contributed by atoms with Crippen LogP contribution in [0.1, 0.15) is 5.56 Å². The second kappa shape index (κ2) is 7.32. The fourth-order valence-electron chi connectivity index (χ4n) is 1.56. The lowest BCUT2D eigenvalue weighted by Crippen LogP contribution is -2.47. The van der Waals surface area contributed by atoms with Crippen LogP contribution in [0.15, 0.2) is 30.3 Å². The van der Waals surface area contributed by atoms with Crippen LogP contribution in [0.25, 0.3) is 0 Å². The Morgan fingerprint density at radius 2 is 2.00 bits per heavy atom. The first-order valence-electron chi connectivity index (χ1n) is 5.42. The van der Waals surface area contributed by atoms with Gasteiger partial charge in [-0.25, -0.2) is 0 Å². The maximum Gasteiger partial charge on any atom is 0.323 e. The van der Waals surface area contributed by atoms with E-state index in [1.165, 1.54) is 0 Å². The molecule has 0 saturated heterocycles. The van der Waals surface area contributed by atoms with Gasteiger partial charge in [0.1, 0.15) is 6.04 Å². The van der Waals surface area contributed by atoms with Crippen LogP contribution >= 0.6 is 12.6 Å². The van der Waals surface area contributed by atoms with Crippen molar-refractivity contribution in [2.45, 2.75) is 18.5 Å². The summed E-state index contributed by atoms with van der Waals surface area (Å²) in [6, 6.07) is 8.75. The van der Waals surface area contributed by atoms with Gasteiger partial charge in [-0.1, -0.05) is 30.3 Å². The van der Waals surface area contributed by atoms with Crippen LogP contribution < -0.4 is 5.32 Å². The summed E-state index contributed by atoms with van der Waals surface area (Å²) < 4.78 is 0. The van der Waals surface area contributed by atoms with E-state index in [2.05, 4.69) is 17.9 Å². The molecule has 2 atom stereocenters. The third-order valence-electron chi connectivity index (χ3n) is 2.46. The van der Waals surface area contributed by atoms with Gasteiger partial charge in [0.15, 0.2) is 0 Å². The molecule has 1 aromatic rings. The first-order chi connectivity index (χ1) is 8.17. The van der Waals surface area contributed by atoms with E-state index in [0.717, 1.165) is 5.56 Å². The molecule has 0 radical (unpaired) electrons. The number of carbonyl (C=O) groups is 1. The maximum absolute atomic E-state index is 10.8. The average molecular weight is 255 g/mol. The van der Waals surface area contributed by atoms with Crippen LogP contribution in [0.3, 0.4) is 0 Å². The van der Waals surface area contributed by atoms with Crippen molar-refractivity contribution in [2.24, 2.45) is 0 Å². The predicted octanol–water partition coefficient (Wildman–Crippen LogP) is 0.563. The molecule has 0 fully saturated rings. The van der Waals surface area contributed by atoms with Crippen LogP contribution in [0, 0.1) is 0 Å². The van der Waals surface area contributed by atoms with Crippen LogP contribution in [-0.2, 0) is 11.2 Å². The smallest absolute Gasteiger partial charge is 0.323 e. The molecule has 5 heteroatoms. The Morgan fingerprint density at radius 1 is 1.35 bits per heavy atom. The van der Waals surface area contributed by atoms with E-state index in [-0.39, 0.29) is 6.04 Å². The highest BCUT2D eigenvalue weighted by Crippen LogP contribution is 2.05. The number of thiol groups is 1. The number of hydrogen-bond donors (Lipinski definition) is 4. The second-order valence-electron chi connectivity index (χ2n) is 3.81. The summed E-state index contributed by atoms with van der Waals surface area (Å²) in [7, 11) is 0. The molecule has 0 saturated carbocycles. The summed E-state index contributed by atoms with van der Waals surface area (Å²) in [6.45, 7) is -0.422. The van der Waals surface area contributed by atoms with Crippen molar-refractivity contribution in [2.75, 3.05) is 12.4 Å². The van der Waals surface area contributed by atoms with Crippen molar-refractivity contribution in [3.8, 4) is 0 Å². The lowest BCUT2D eigenvalue weighted by Gasteiger charge is -2.20. The summed E-state index contributed by atoms with van der Waals surface area (Å²) in [4.78, 5) is 10.8. The third kappa shape index (κ3) is 4.77. The molecule has 0 heterocycles. The standard InChI is InChI=1S/C12H17NO3S/c14-7-11(12(15)16)13-10(8-17)6-9-4-2-1-3-5-9/h1-5,10-11,13-14,17H,6-8H2,(H,15,16)/t10-,11?/m1/s1. The fraction of sp³-hybridized carbons (Fsp3) is 0.417. The van der Waals surface area contributed by atoms with Gasteiger partial charge in [0.25, 0.3) is 0 Å². The van der Waals surface area contributed by atoms with Gasteiger partial charge in [0.05, 0.1) is 6.61 Å². The van der Waals surface area contributed by atoms with Gasteiger partial charge < -0.3 is 10.2 Å². The highest BCUT2D eigenvalue weighted by molar-refractivity contribution is 7.80. The maximum atomic E-state index is 10.8. The zero-order valence-corrected chi connectivity index (χ0v) is 10.3. The quantitative estimate of drug-likeness (QED) is 0.537. The highest BCUT2D eigenvalue weighted by atomic mass is 32.1. The molecule has 4 nitrogen and oxygen atoms in total. The van der Waals surface area contributed by atoms with E-state index < -0.39 is 18.6 Å². The zero-order chi connectivity index (χ0) is 12.7. The fourth-order valence-corrected chi connectivity index (χ4v) is 1.80. The van der Waals surface area contributed by atoms with E-state index >= 15 is 0 Å². The molecule has 94 valence electrons. The van der Waals surface area contributed by atoms with Gasteiger partial charge in [0.2, 0.25) is 0 Å². The van der Waals surface area contributed by atoms with Gasteiger partial charge in [-0.15, -0.1) is 0 Å². The number of rotatable bonds is 7. The Labute approximate surface area is 106 Å². The minimum absolute atomic E-state index is 0.0750. The van der Waals surface area contributed by atoms with Gasteiger partial charge >= 0.3 is 5.97 Å². The Hall–Kier alpha value is -1.04. The van der Waals surface area contributed by atoms with E-state index in [1.54, 1.807) is 0 Å². The van der Waals surface area contributed by atoms with Gasteiger partial charge in [0, 0.05) is 11.8 Å². The summed E-state index contributed by atoms with van der Waals surface area (Å²) in [5.41, 5.74) is 1.11. The number of benzene rings is 1. The van der Waals surface area contributed by atoms with Crippen molar-refractivity contribution in [3.63, 3.8) is 0 Å². The minimum Gasteiger partial charge on any atom is -0.480 e. The van der Waals surface area contributed by atoms with Crippen LogP contribution in [-0.4, -0.2) is 40.6 Å². The molecule has 1 unspecified atom stereocenters. The van der Waals surface area contributed by atoms with E-state index in [4.69, 9.17) is 10.2 Å². The van der Waals surface area contributed by atoms with Gasteiger partial charge in [-0.05, 0) is 12.0 Å². The molecule has 0 aliphatic carbocycles. The molecule has 0 aliphatic rings. The number of carboxylic acid groups (broad SMARTS) is 1. The van der Waals surface area contributed by atoms with Crippen molar-refractivity contribution >= 4 is 18.6 Å². The predicted molar refractivity (Wildman–Crippen MR) is 69.4 cm³/mol. The Morgan fingerprint density at radius 3 is 2.47 bits per heavy atom. The molecule has 17 heavy (non-hydrogen) atoms. The monoisotopic (exact) mass is 255 g/mol. The molecule has 0 bridgehead atoms. The van der Waals surface area contributed by atoms with Crippen molar-refractivity contribution in [1.29, 1.82) is 0 Å². The van der Waals surface area contributed by atoms with E-state index in [0.29, 0.717) is 12.2 Å². The number of aliphatic hydroxyl groups is 1. The Balaban J connectivity index is 2.57. The molecule has 0 spiro atoms. The second-order valence-corrected chi connectivity index (χ2v) is 4.17. The normalized spacial score (nSPS) is 14.2. The topological polar surface area (TPSA) is 69.6 Å². The number of nitrogens with one attached hydrogen (secondary N) is 1. The third-order valence-corrected chi connectivity index (χ3v) is 2.90. The van der Waals surface area contributed by atoms with Crippen molar-refractivity contribution in [1.82, 2.24) is 5.32 Å². The lowest BCUT2D eigenvalue weighted by molar-refractivity contribution is -0.140. The van der Waals surface area contributed by atoms with Crippen LogP contribution in [0.4, 0.5) is 0 Å². The molecule has 0 aromatic heterocycles. The number of aliphatic hydroxyl groups excluding tert-OH is 1. The molecule has 3 N–H and O–H groups in total. The molecule has 0 amide bonds. The minimum atomic E-state index is -1.05. The first kappa shape index (κ1) is 14.0. The summed E-state index contributed by atoms with van der Waals surface area (Å²) in [5, 5.41) is 20.7. The Kier molecular flexibility index (Phi) is 6.04. The summed E-state index contributed by atoms with van der Waals surface area (Å²) >= 11 is 4.19. The number of carboxylic acids is 1. The zero-order valence-electron chi connectivity index (χ0n) is 9.41. The van der Waals surface area contributed by atoms with Gasteiger partial charge in [-0.2, -0.15) is 12.6 Å². The lowest BCUT2D eigenvalue weighted by atomic mass is 10.1. The first-order valence-corrected chi connectivity index (χ1v) is 6.05. The Bertz CT molecular complexity index is 345. The van der Waals surface area contributed by atoms with Crippen molar-refractivity contribution in [3.05, 3.63) is 35.9 Å². The molecular weight excluding hydrogens is 238 g/mol. The van der Waals surface area contributed by atoms with E-state index in [9.17, 15) is 4.79 Å². The number of hydrogen-bond acceptors (Lipinski definition) is 4. The highest BCUT2D eigenvalue weighted by Gasteiger charge is 2.19. The van der Waals surface area contributed by atoms with Crippen LogP contribution in [0.5, 0.6) is 0 Å². The number of aliphatic carboxylic acids is 1. The molecule has 0 aliphatic heterocycles. The summed E-state index contributed by atoms with van der Waals surface area (Å²) in [6.07, 6.45) is 0.689. The largest absolute Gasteiger partial charge is 0.480 e. The molecular formula is C12H17NO3S. The molecule has 1 aromatic carbocycles. The summed E-state index contributed by atoms with van der Waals surface area (Å²) in [5.74, 6) is -0.536. The SMILES string of the molecule is O=C(O)C(CO)N[C@@H](CS)Cc1ccccc1. The van der Waals surface area contributed by atoms with E-state index in [1.807, 2.05) is 30.3 Å².